The second kappa shape index (κ2) is 8.39. The summed E-state index contributed by atoms with van der Waals surface area (Å²) in [7, 11) is -0.0460. The maximum Gasteiger partial charge on any atom is 0.252 e. The molecule has 1 amide bonds. The van der Waals surface area contributed by atoms with Crippen LogP contribution in [-0.4, -0.2) is 65.4 Å². The Labute approximate surface area is 164 Å². The molecule has 1 saturated heterocycles. The van der Waals surface area contributed by atoms with E-state index in [1.165, 1.54) is 11.9 Å². The van der Waals surface area contributed by atoms with Crippen LogP contribution in [0.1, 0.15) is 0 Å². The third-order valence-electron chi connectivity index (χ3n) is 4.66. The fourth-order valence-electron chi connectivity index (χ4n) is 3.03. The van der Waals surface area contributed by atoms with Crippen molar-refractivity contribution in [1.82, 2.24) is 4.31 Å². The fourth-order valence-corrected chi connectivity index (χ4v) is 5.35. The van der Waals surface area contributed by atoms with Gasteiger partial charge in [0, 0.05) is 7.05 Å². The van der Waals surface area contributed by atoms with E-state index in [4.69, 9.17) is 0 Å². The number of thiophene rings is 1. The first-order valence-corrected chi connectivity index (χ1v) is 11.1. The summed E-state index contributed by atoms with van der Waals surface area (Å²) < 4.78 is 26.3. The monoisotopic (exact) mass is 409 g/mol. The molecule has 0 atom stereocenters. The molecule has 1 fully saturated rings. The van der Waals surface area contributed by atoms with Crippen molar-refractivity contribution in [2.45, 2.75) is 4.21 Å². The van der Waals surface area contributed by atoms with Crippen molar-refractivity contribution in [3.8, 4) is 0 Å². The van der Waals surface area contributed by atoms with Gasteiger partial charge < -0.3 is 15.1 Å². The van der Waals surface area contributed by atoms with Gasteiger partial charge in [0.1, 0.15) is 4.21 Å². The van der Waals surface area contributed by atoms with Gasteiger partial charge in [-0.3, -0.25) is 4.79 Å². The average Bonchev–Trinajstić information content (AvgIpc) is 3.18. The van der Waals surface area contributed by atoms with E-state index in [9.17, 15) is 13.2 Å². The maximum atomic E-state index is 12.5. The second-order valence-corrected chi connectivity index (χ2v) is 9.92. The lowest BCUT2D eigenvalue weighted by Crippen LogP contribution is -3.12. The van der Waals surface area contributed by atoms with Gasteiger partial charge in [-0.15, -0.1) is 11.3 Å². The van der Waals surface area contributed by atoms with Crippen LogP contribution in [0, 0.1) is 0 Å². The highest BCUT2D eigenvalue weighted by Crippen LogP contribution is 2.26. The lowest BCUT2D eigenvalue weighted by molar-refractivity contribution is -0.880. The SMILES string of the molecule is CN(CC(=O)Nc1ccccc1N1CC[NH+](C)CC1)S(=O)(=O)c1cccs1. The highest BCUT2D eigenvalue weighted by Gasteiger charge is 2.25. The molecular weight excluding hydrogens is 384 g/mol. The number of carbonyl (C=O) groups excluding carboxylic acids is 1. The number of rotatable bonds is 6. The zero-order valence-electron chi connectivity index (χ0n) is 15.5. The van der Waals surface area contributed by atoms with E-state index < -0.39 is 10.0 Å². The van der Waals surface area contributed by atoms with E-state index in [0.29, 0.717) is 5.69 Å². The highest BCUT2D eigenvalue weighted by molar-refractivity contribution is 7.91. The molecule has 1 aromatic carbocycles. The van der Waals surface area contributed by atoms with Crippen molar-refractivity contribution in [2.75, 3.05) is 57.0 Å². The topological polar surface area (TPSA) is 74.2 Å². The summed E-state index contributed by atoms with van der Waals surface area (Å²) in [6, 6.07) is 10.9. The molecule has 0 radical (unpaired) electrons. The first kappa shape index (κ1) is 19.8. The van der Waals surface area contributed by atoms with Crippen LogP contribution in [0.25, 0.3) is 0 Å². The third-order valence-corrected chi connectivity index (χ3v) is 7.84. The predicted molar refractivity (Wildman–Crippen MR) is 108 cm³/mol. The van der Waals surface area contributed by atoms with Gasteiger partial charge in [0.2, 0.25) is 5.91 Å². The molecule has 0 saturated carbocycles. The maximum absolute atomic E-state index is 12.5. The number of carbonyl (C=O) groups is 1. The zero-order valence-corrected chi connectivity index (χ0v) is 17.1. The molecule has 0 unspecified atom stereocenters. The van der Waals surface area contributed by atoms with Crippen LogP contribution in [0.2, 0.25) is 0 Å². The molecule has 2 aromatic rings. The minimum Gasteiger partial charge on any atom is -0.359 e. The van der Waals surface area contributed by atoms with Crippen LogP contribution in [0.3, 0.4) is 0 Å². The Morgan fingerprint density at radius 2 is 1.93 bits per heavy atom. The van der Waals surface area contributed by atoms with Crippen molar-refractivity contribution >= 4 is 38.6 Å². The Balaban J connectivity index is 1.68. The highest BCUT2D eigenvalue weighted by atomic mass is 32.2. The molecule has 7 nitrogen and oxygen atoms in total. The van der Waals surface area contributed by atoms with Gasteiger partial charge in [-0.05, 0) is 23.6 Å². The molecule has 9 heteroatoms. The van der Waals surface area contributed by atoms with Crippen LogP contribution in [0.5, 0.6) is 0 Å². The lowest BCUT2D eigenvalue weighted by Gasteiger charge is -2.33. The molecule has 2 heterocycles. The molecule has 0 spiro atoms. The minimum absolute atomic E-state index is 0.234. The summed E-state index contributed by atoms with van der Waals surface area (Å²) in [5.74, 6) is -0.357. The van der Waals surface area contributed by atoms with Gasteiger partial charge >= 0.3 is 0 Å². The minimum atomic E-state index is -3.64. The van der Waals surface area contributed by atoms with E-state index >= 15 is 0 Å². The predicted octanol–water partition coefficient (Wildman–Crippen LogP) is 0.342. The van der Waals surface area contributed by atoms with E-state index in [-0.39, 0.29) is 16.7 Å². The summed E-state index contributed by atoms with van der Waals surface area (Å²) in [4.78, 5) is 16.2. The van der Waals surface area contributed by atoms with Crippen molar-refractivity contribution < 1.29 is 18.1 Å². The average molecular weight is 410 g/mol. The van der Waals surface area contributed by atoms with Gasteiger partial charge in [0.05, 0.1) is 51.1 Å². The largest absolute Gasteiger partial charge is 0.359 e. The Morgan fingerprint density at radius 3 is 2.59 bits per heavy atom. The van der Waals surface area contributed by atoms with Crippen molar-refractivity contribution in [3.63, 3.8) is 0 Å². The summed E-state index contributed by atoms with van der Waals surface area (Å²) in [5, 5.41) is 4.58. The number of nitrogens with one attached hydrogen (secondary N) is 2. The summed E-state index contributed by atoms with van der Waals surface area (Å²) >= 11 is 1.14. The smallest absolute Gasteiger partial charge is 0.252 e. The van der Waals surface area contributed by atoms with Crippen LogP contribution >= 0.6 is 11.3 Å². The number of amides is 1. The Bertz CT molecular complexity index is 876. The Morgan fingerprint density at radius 1 is 1.22 bits per heavy atom. The number of sulfonamides is 1. The standard InChI is InChI=1S/C18H24N4O3S2/c1-20-9-11-22(12-10-20)16-7-4-3-6-15(16)19-17(23)14-21(2)27(24,25)18-8-5-13-26-18/h3-8,13H,9-12,14H2,1-2H3,(H,19,23)/p+1. The van der Waals surface area contributed by atoms with Crippen LogP contribution in [0.15, 0.2) is 46.0 Å². The van der Waals surface area contributed by atoms with Crippen molar-refractivity contribution in [3.05, 3.63) is 41.8 Å². The third kappa shape index (κ3) is 4.67. The number of hydrogen-bond donors (Lipinski definition) is 2. The van der Waals surface area contributed by atoms with Gasteiger partial charge in [-0.1, -0.05) is 18.2 Å². The first-order chi connectivity index (χ1) is 12.9. The van der Waals surface area contributed by atoms with Gasteiger partial charge in [0.25, 0.3) is 10.0 Å². The van der Waals surface area contributed by atoms with E-state index in [0.717, 1.165) is 47.5 Å². The Hall–Kier alpha value is -1.94. The number of benzene rings is 1. The van der Waals surface area contributed by atoms with E-state index in [1.807, 2.05) is 24.3 Å². The molecular formula is C18H25N4O3S2+. The number of hydrogen-bond acceptors (Lipinski definition) is 5. The molecule has 1 aromatic heterocycles. The number of anilines is 2. The van der Waals surface area contributed by atoms with Crippen molar-refractivity contribution in [1.29, 1.82) is 0 Å². The number of likely N-dealkylation sites (N-methyl/N-ethyl adjacent to an activating group) is 2. The molecule has 1 aliphatic rings. The number of para-hydroxylation sites is 2. The molecule has 3 rings (SSSR count). The van der Waals surface area contributed by atoms with Crippen molar-refractivity contribution in [2.24, 2.45) is 0 Å². The number of quaternary nitrogens is 1. The summed E-state index contributed by atoms with van der Waals surface area (Å²) in [6.07, 6.45) is 0. The van der Waals surface area contributed by atoms with Crippen LogP contribution < -0.4 is 15.1 Å². The fraction of sp³-hybridized carbons (Fsp3) is 0.389. The van der Waals surface area contributed by atoms with Gasteiger partial charge in [-0.25, -0.2) is 8.42 Å². The molecule has 0 aliphatic carbocycles. The Kier molecular flexibility index (Phi) is 6.15. The summed E-state index contributed by atoms with van der Waals surface area (Å²) in [6.45, 7) is 3.70. The molecule has 0 bridgehead atoms. The number of nitrogens with zero attached hydrogens (tertiary/aromatic N) is 2. The van der Waals surface area contributed by atoms with E-state index in [1.54, 1.807) is 17.5 Å². The normalized spacial score (nSPS) is 15.9. The molecule has 27 heavy (non-hydrogen) atoms. The van der Waals surface area contributed by atoms with Crippen LogP contribution in [0.4, 0.5) is 11.4 Å². The van der Waals surface area contributed by atoms with Gasteiger partial charge in [0.15, 0.2) is 0 Å². The van der Waals surface area contributed by atoms with Gasteiger partial charge in [-0.2, -0.15) is 4.31 Å². The molecule has 146 valence electrons. The number of piperazine rings is 1. The molecule has 2 N–H and O–H groups in total. The zero-order chi connectivity index (χ0) is 19.4. The quantitative estimate of drug-likeness (QED) is 0.722. The van der Waals surface area contributed by atoms with E-state index in [2.05, 4.69) is 17.3 Å². The first-order valence-electron chi connectivity index (χ1n) is 8.83. The summed E-state index contributed by atoms with van der Waals surface area (Å²) in [5.41, 5.74) is 1.69. The molecule has 1 aliphatic heterocycles. The van der Waals surface area contributed by atoms with Crippen LogP contribution in [-0.2, 0) is 14.8 Å². The second-order valence-electron chi connectivity index (χ2n) is 6.70. The lowest BCUT2D eigenvalue weighted by atomic mass is 10.2.